The van der Waals surface area contributed by atoms with Crippen LogP contribution in [0.1, 0.15) is 98.3 Å². The van der Waals surface area contributed by atoms with E-state index < -0.39 is 5.97 Å². The maximum absolute atomic E-state index is 5.98. The van der Waals surface area contributed by atoms with Crippen LogP contribution in [0.2, 0.25) is 0 Å². The lowest BCUT2D eigenvalue weighted by molar-refractivity contribution is -0.383. The Hall–Kier alpha value is -1.42. The number of hydrogen-bond acceptors (Lipinski definition) is 3. The second kappa shape index (κ2) is 19.1. The molecule has 0 amide bonds. The smallest absolute Gasteiger partial charge is 0.282 e. The van der Waals surface area contributed by atoms with Gasteiger partial charge in [0.1, 0.15) is 0 Å². The Morgan fingerprint density at radius 2 is 0.875 bits per heavy atom. The fraction of sp³-hybridized carbons (Fsp3) is 0.655. The van der Waals surface area contributed by atoms with Gasteiger partial charge in [-0.3, -0.25) is 0 Å². The summed E-state index contributed by atoms with van der Waals surface area (Å²) in [5.41, 5.74) is 0. The van der Waals surface area contributed by atoms with Gasteiger partial charge in [-0.15, -0.1) is 0 Å². The summed E-state index contributed by atoms with van der Waals surface area (Å²) >= 11 is 0. The molecule has 0 saturated carbocycles. The van der Waals surface area contributed by atoms with Crippen molar-refractivity contribution in [2.45, 2.75) is 104 Å². The zero-order valence-corrected chi connectivity index (χ0v) is 21.2. The van der Waals surface area contributed by atoms with Gasteiger partial charge in [-0.1, -0.05) is 115 Å². The summed E-state index contributed by atoms with van der Waals surface area (Å²) < 4.78 is 18.0. The highest BCUT2D eigenvalue weighted by Gasteiger charge is 2.32. The first kappa shape index (κ1) is 28.6. The quantitative estimate of drug-likeness (QED) is 0.180. The summed E-state index contributed by atoms with van der Waals surface area (Å²) in [4.78, 5) is 0. The summed E-state index contributed by atoms with van der Waals surface area (Å²) in [6.07, 6.45) is 12.9. The summed E-state index contributed by atoms with van der Waals surface area (Å²) in [7, 11) is 0. The lowest BCUT2D eigenvalue weighted by Crippen LogP contribution is -2.40. The van der Waals surface area contributed by atoms with E-state index in [-0.39, 0.29) is 0 Å². The van der Waals surface area contributed by atoms with E-state index in [1.54, 1.807) is 0 Å². The van der Waals surface area contributed by atoms with Crippen molar-refractivity contribution in [1.82, 2.24) is 0 Å². The minimum Gasteiger partial charge on any atom is -0.327 e. The van der Waals surface area contributed by atoms with E-state index in [0.29, 0.717) is 19.8 Å². The van der Waals surface area contributed by atoms with E-state index in [4.69, 9.17) is 14.2 Å². The average Bonchev–Trinajstić information content (AvgIpc) is 2.84. The molecule has 0 aromatic heterocycles. The van der Waals surface area contributed by atoms with E-state index in [1.165, 1.54) is 49.3 Å². The highest BCUT2D eigenvalue weighted by Crippen LogP contribution is 2.25. The molecular weight excluding hydrogens is 396 g/mol. The molecule has 3 heteroatoms. The Balaban J connectivity index is 0.000000416. The minimum atomic E-state index is -0.800. The highest BCUT2D eigenvalue weighted by molar-refractivity contribution is 5.81. The van der Waals surface area contributed by atoms with Crippen molar-refractivity contribution >= 4 is 10.8 Å². The normalized spacial score (nSPS) is 11.4. The van der Waals surface area contributed by atoms with Crippen LogP contribution in [0.5, 0.6) is 0 Å². The fourth-order valence-electron chi connectivity index (χ4n) is 3.55. The highest BCUT2D eigenvalue weighted by atomic mass is 16.9. The Labute approximate surface area is 197 Å². The van der Waals surface area contributed by atoms with Crippen molar-refractivity contribution < 1.29 is 14.2 Å². The number of unbranched alkanes of at least 4 members (excludes halogenated alkanes) is 6. The molecule has 0 heterocycles. The Morgan fingerprint density at radius 3 is 1.25 bits per heavy atom. The molecule has 182 valence electrons. The van der Waals surface area contributed by atoms with Crippen molar-refractivity contribution in [3.63, 3.8) is 0 Å². The third kappa shape index (κ3) is 12.6. The molecule has 0 atom stereocenters. The van der Waals surface area contributed by atoms with Gasteiger partial charge in [0.25, 0.3) is 5.97 Å². The van der Waals surface area contributed by atoms with E-state index in [0.717, 1.165) is 32.1 Å². The average molecular weight is 445 g/mol. The van der Waals surface area contributed by atoms with Gasteiger partial charge < -0.3 is 14.2 Å². The van der Waals surface area contributed by atoms with Crippen molar-refractivity contribution in [3.8, 4) is 0 Å². The topological polar surface area (TPSA) is 27.7 Å². The lowest BCUT2D eigenvalue weighted by atomic mass is 10.1. The zero-order chi connectivity index (χ0) is 23.3. The van der Waals surface area contributed by atoms with Crippen LogP contribution in [-0.4, -0.2) is 25.8 Å². The molecule has 0 bridgehead atoms. The molecule has 0 aliphatic carbocycles. The Kier molecular flexibility index (Phi) is 17.1. The zero-order valence-electron chi connectivity index (χ0n) is 21.2. The molecule has 0 N–H and O–H groups in total. The van der Waals surface area contributed by atoms with Gasteiger partial charge >= 0.3 is 0 Å². The van der Waals surface area contributed by atoms with Crippen LogP contribution < -0.4 is 0 Å². The molecule has 0 aliphatic heterocycles. The summed E-state index contributed by atoms with van der Waals surface area (Å²) in [5.74, 6) is -0.800. The first-order valence-corrected chi connectivity index (χ1v) is 13.1. The largest absolute Gasteiger partial charge is 0.327 e. The first-order chi connectivity index (χ1) is 15.7. The molecule has 32 heavy (non-hydrogen) atoms. The van der Waals surface area contributed by atoms with Gasteiger partial charge in [-0.05, 0) is 36.5 Å². The third-order valence-corrected chi connectivity index (χ3v) is 5.32. The SMILES string of the molecule is CCCCCCCCCC(OCCC)(OCCC)OCCC.c1ccc2ccccc2c1. The number of ether oxygens (including phenoxy) is 3. The first-order valence-electron chi connectivity index (χ1n) is 13.1. The van der Waals surface area contributed by atoms with Gasteiger partial charge in [-0.25, -0.2) is 0 Å². The minimum absolute atomic E-state index is 0.698. The monoisotopic (exact) mass is 444 g/mol. The van der Waals surface area contributed by atoms with Crippen molar-refractivity contribution in [3.05, 3.63) is 48.5 Å². The Bertz CT molecular complexity index is 583. The number of fused-ring (bicyclic) bond motifs is 1. The van der Waals surface area contributed by atoms with Gasteiger partial charge in [0, 0.05) is 6.42 Å². The van der Waals surface area contributed by atoms with Gasteiger partial charge in [-0.2, -0.15) is 0 Å². The maximum atomic E-state index is 5.98. The molecule has 2 aromatic rings. The predicted octanol–water partition coefficient (Wildman–Crippen LogP) is 8.90. The van der Waals surface area contributed by atoms with Crippen LogP contribution in [-0.2, 0) is 14.2 Å². The van der Waals surface area contributed by atoms with Gasteiger partial charge in [0.05, 0.1) is 19.8 Å². The Morgan fingerprint density at radius 1 is 0.500 bits per heavy atom. The van der Waals surface area contributed by atoms with Crippen LogP contribution in [0.15, 0.2) is 48.5 Å². The van der Waals surface area contributed by atoms with E-state index in [9.17, 15) is 0 Å². The van der Waals surface area contributed by atoms with Crippen LogP contribution in [0.4, 0.5) is 0 Å². The number of benzene rings is 2. The van der Waals surface area contributed by atoms with Gasteiger partial charge in [0.2, 0.25) is 0 Å². The molecule has 2 rings (SSSR count). The van der Waals surface area contributed by atoms with E-state index >= 15 is 0 Å². The van der Waals surface area contributed by atoms with E-state index in [2.05, 4.69) is 76.2 Å². The molecule has 0 radical (unpaired) electrons. The standard InChI is InChI=1S/C19H40O3.C10H8/c1-5-9-10-11-12-13-14-15-19(20-16-6-2,21-17-7-3)22-18-8-4;1-2-6-10-8-4-3-7-9(10)5-1/h5-18H2,1-4H3;1-8H. The molecule has 0 unspecified atom stereocenters. The molecule has 0 fully saturated rings. The van der Waals surface area contributed by atoms with Crippen molar-refractivity contribution in [2.24, 2.45) is 0 Å². The van der Waals surface area contributed by atoms with Crippen LogP contribution in [0, 0.1) is 0 Å². The van der Waals surface area contributed by atoms with E-state index in [1.807, 2.05) is 0 Å². The van der Waals surface area contributed by atoms with Crippen molar-refractivity contribution in [2.75, 3.05) is 19.8 Å². The second-order valence-corrected chi connectivity index (χ2v) is 8.45. The molecular formula is C29H48O3. The van der Waals surface area contributed by atoms with Crippen molar-refractivity contribution in [1.29, 1.82) is 0 Å². The second-order valence-electron chi connectivity index (χ2n) is 8.45. The van der Waals surface area contributed by atoms with Crippen LogP contribution in [0.3, 0.4) is 0 Å². The molecule has 0 aliphatic rings. The fourth-order valence-corrected chi connectivity index (χ4v) is 3.55. The van der Waals surface area contributed by atoms with Crippen LogP contribution in [0.25, 0.3) is 10.8 Å². The lowest BCUT2D eigenvalue weighted by Gasteiger charge is -2.33. The number of rotatable bonds is 17. The molecule has 2 aromatic carbocycles. The predicted molar refractivity (Wildman–Crippen MR) is 138 cm³/mol. The molecule has 0 spiro atoms. The summed E-state index contributed by atoms with van der Waals surface area (Å²) in [6, 6.07) is 16.7. The maximum Gasteiger partial charge on any atom is 0.282 e. The third-order valence-electron chi connectivity index (χ3n) is 5.32. The summed E-state index contributed by atoms with van der Waals surface area (Å²) in [5, 5.41) is 2.62. The number of hydrogen-bond donors (Lipinski definition) is 0. The molecule has 0 saturated heterocycles. The molecule has 3 nitrogen and oxygen atoms in total. The van der Waals surface area contributed by atoms with Gasteiger partial charge in [0.15, 0.2) is 0 Å². The summed E-state index contributed by atoms with van der Waals surface area (Å²) in [6.45, 7) is 10.7. The van der Waals surface area contributed by atoms with Crippen LogP contribution >= 0.6 is 0 Å².